The minimum absolute atomic E-state index is 0.110. The summed E-state index contributed by atoms with van der Waals surface area (Å²) >= 11 is 0. The summed E-state index contributed by atoms with van der Waals surface area (Å²) in [5.41, 5.74) is 0.492. The van der Waals surface area contributed by atoms with E-state index in [0.29, 0.717) is 17.4 Å². The number of carbonyl (C=O) groups excluding carboxylic acids is 1. The van der Waals surface area contributed by atoms with Crippen LogP contribution in [0.25, 0.3) is 0 Å². The first-order chi connectivity index (χ1) is 6.16. The topological polar surface area (TPSA) is 26.3 Å². The van der Waals surface area contributed by atoms with Gasteiger partial charge in [-0.3, -0.25) is 0 Å². The standard InChI is InChI=1S/C11H14O2/c1-7(2)11(12)13-10-6-8-3-4-9(10)5-8/h3-4,8-10H,1,5-6H2,2H3/t8-,9-,10-/m0/s1. The Bertz CT molecular complexity index is 278. The molecule has 0 unspecified atom stereocenters. The summed E-state index contributed by atoms with van der Waals surface area (Å²) in [6.45, 7) is 5.25. The molecule has 2 nitrogen and oxygen atoms in total. The van der Waals surface area contributed by atoms with Crippen molar-refractivity contribution >= 4 is 5.97 Å². The number of ether oxygens (including phenoxy) is 1. The Labute approximate surface area is 78.3 Å². The Hall–Kier alpha value is -1.05. The lowest BCUT2D eigenvalue weighted by Gasteiger charge is -2.18. The third-order valence-electron chi connectivity index (χ3n) is 2.82. The molecule has 2 aliphatic carbocycles. The number of carbonyl (C=O) groups is 1. The number of esters is 1. The van der Waals surface area contributed by atoms with Crippen LogP contribution >= 0.6 is 0 Å². The minimum Gasteiger partial charge on any atom is -0.458 e. The van der Waals surface area contributed by atoms with Crippen molar-refractivity contribution in [3.05, 3.63) is 24.3 Å². The average molecular weight is 178 g/mol. The van der Waals surface area contributed by atoms with Gasteiger partial charge in [0.05, 0.1) is 0 Å². The fourth-order valence-electron chi connectivity index (χ4n) is 2.10. The van der Waals surface area contributed by atoms with E-state index in [2.05, 4.69) is 18.7 Å². The van der Waals surface area contributed by atoms with Crippen LogP contribution in [0.3, 0.4) is 0 Å². The van der Waals surface area contributed by atoms with E-state index in [1.165, 1.54) is 0 Å². The van der Waals surface area contributed by atoms with Gasteiger partial charge in [0.25, 0.3) is 0 Å². The maximum Gasteiger partial charge on any atom is 0.333 e. The van der Waals surface area contributed by atoms with Crippen LogP contribution in [0.15, 0.2) is 24.3 Å². The molecular formula is C11H14O2. The highest BCUT2D eigenvalue weighted by molar-refractivity contribution is 5.87. The molecule has 0 aromatic rings. The lowest BCUT2D eigenvalue weighted by atomic mass is 10.0. The van der Waals surface area contributed by atoms with E-state index < -0.39 is 0 Å². The predicted molar refractivity (Wildman–Crippen MR) is 50.0 cm³/mol. The molecule has 0 aromatic carbocycles. The van der Waals surface area contributed by atoms with E-state index in [1.54, 1.807) is 6.92 Å². The average Bonchev–Trinajstić information content (AvgIpc) is 2.64. The molecule has 0 heterocycles. The normalized spacial score (nSPS) is 35.0. The quantitative estimate of drug-likeness (QED) is 0.367. The summed E-state index contributed by atoms with van der Waals surface area (Å²) < 4.78 is 5.32. The zero-order valence-electron chi connectivity index (χ0n) is 7.82. The molecule has 2 rings (SSSR count). The maximum atomic E-state index is 11.2. The molecule has 1 saturated carbocycles. The summed E-state index contributed by atoms with van der Waals surface area (Å²) in [7, 11) is 0. The Morgan fingerprint density at radius 1 is 1.46 bits per heavy atom. The first kappa shape index (κ1) is 8.54. The van der Waals surface area contributed by atoms with E-state index in [9.17, 15) is 4.79 Å². The van der Waals surface area contributed by atoms with Crippen LogP contribution in [0, 0.1) is 11.8 Å². The van der Waals surface area contributed by atoms with Gasteiger partial charge in [0.15, 0.2) is 0 Å². The van der Waals surface area contributed by atoms with Crippen LogP contribution in [0.4, 0.5) is 0 Å². The largest absolute Gasteiger partial charge is 0.458 e. The lowest BCUT2D eigenvalue weighted by Crippen LogP contribution is -2.22. The van der Waals surface area contributed by atoms with E-state index in [0.717, 1.165) is 12.8 Å². The first-order valence-electron chi connectivity index (χ1n) is 4.71. The van der Waals surface area contributed by atoms with Crippen molar-refractivity contribution < 1.29 is 9.53 Å². The van der Waals surface area contributed by atoms with E-state index in [4.69, 9.17) is 4.74 Å². The van der Waals surface area contributed by atoms with Crippen molar-refractivity contribution in [2.75, 3.05) is 0 Å². The van der Waals surface area contributed by atoms with Crippen molar-refractivity contribution in [2.24, 2.45) is 11.8 Å². The Morgan fingerprint density at radius 2 is 2.23 bits per heavy atom. The SMILES string of the molecule is C=C(C)C(=O)O[C@H]1C[C@H]2C=C[C@H]1C2. The monoisotopic (exact) mass is 178 g/mol. The van der Waals surface area contributed by atoms with E-state index in [-0.39, 0.29) is 12.1 Å². The molecule has 13 heavy (non-hydrogen) atoms. The number of hydrogen-bond acceptors (Lipinski definition) is 2. The molecular weight excluding hydrogens is 164 g/mol. The maximum absolute atomic E-state index is 11.2. The molecule has 0 aromatic heterocycles. The summed E-state index contributed by atoms with van der Waals surface area (Å²) in [5, 5.41) is 0. The smallest absolute Gasteiger partial charge is 0.333 e. The molecule has 70 valence electrons. The molecule has 0 spiro atoms. The van der Waals surface area contributed by atoms with Crippen LogP contribution in [0.1, 0.15) is 19.8 Å². The van der Waals surface area contributed by atoms with Gasteiger partial charge in [-0.1, -0.05) is 18.7 Å². The van der Waals surface area contributed by atoms with Crippen LogP contribution in [0.2, 0.25) is 0 Å². The van der Waals surface area contributed by atoms with Crippen LogP contribution in [0.5, 0.6) is 0 Å². The van der Waals surface area contributed by atoms with Gasteiger partial charge >= 0.3 is 5.97 Å². The molecule has 0 radical (unpaired) electrons. The predicted octanol–water partition coefficient (Wildman–Crippen LogP) is 2.07. The van der Waals surface area contributed by atoms with Gasteiger partial charge in [-0.15, -0.1) is 0 Å². The molecule has 2 bridgehead atoms. The van der Waals surface area contributed by atoms with Crippen molar-refractivity contribution in [3.63, 3.8) is 0 Å². The number of allylic oxidation sites excluding steroid dienone is 1. The molecule has 0 N–H and O–H groups in total. The Kier molecular flexibility index (Phi) is 1.98. The first-order valence-corrected chi connectivity index (χ1v) is 4.71. The molecule has 0 saturated heterocycles. The molecule has 0 aliphatic heterocycles. The highest BCUT2D eigenvalue weighted by Gasteiger charge is 2.37. The third kappa shape index (κ3) is 1.53. The second-order valence-corrected chi connectivity index (χ2v) is 4.00. The van der Waals surface area contributed by atoms with Crippen molar-refractivity contribution in [1.82, 2.24) is 0 Å². The molecule has 2 heteroatoms. The number of hydrogen-bond donors (Lipinski definition) is 0. The number of fused-ring (bicyclic) bond motifs is 2. The minimum atomic E-state index is -0.244. The zero-order valence-corrected chi connectivity index (χ0v) is 7.82. The fourth-order valence-corrected chi connectivity index (χ4v) is 2.10. The van der Waals surface area contributed by atoms with Gasteiger partial charge in [0, 0.05) is 11.5 Å². The third-order valence-corrected chi connectivity index (χ3v) is 2.82. The summed E-state index contributed by atoms with van der Waals surface area (Å²) in [6, 6.07) is 0. The van der Waals surface area contributed by atoms with E-state index >= 15 is 0 Å². The van der Waals surface area contributed by atoms with Crippen molar-refractivity contribution in [3.8, 4) is 0 Å². The van der Waals surface area contributed by atoms with Gasteiger partial charge in [0.1, 0.15) is 6.10 Å². The summed E-state index contributed by atoms with van der Waals surface area (Å²) in [4.78, 5) is 11.2. The molecule has 3 atom stereocenters. The molecule has 1 fully saturated rings. The van der Waals surface area contributed by atoms with E-state index in [1.807, 2.05) is 0 Å². The van der Waals surface area contributed by atoms with Gasteiger partial charge in [0.2, 0.25) is 0 Å². The van der Waals surface area contributed by atoms with Gasteiger partial charge in [-0.25, -0.2) is 4.79 Å². The van der Waals surface area contributed by atoms with Crippen LogP contribution in [-0.2, 0) is 9.53 Å². The Morgan fingerprint density at radius 3 is 2.69 bits per heavy atom. The van der Waals surface area contributed by atoms with Crippen molar-refractivity contribution in [1.29, 1.82) is 0 Å². The lowest BCUT2D eigenvalue weighted by molar-refractivity contribution is -0.145. The van der Waals surface area contributed by atoms with Crippen LogP contribution in [-0.4, -0.2) is 12.1 Å². The fraction of sp³-hybridized carbons (Fsp3) is 0.545. The van der Waals surface area contributed by atoms with Crippen molar-refractivity contribution in [2.45, 2.75) is 25.9 Å². The summed E-state index contributed by atoms with van der Waals surface area (Å²) in [5.74, 6) is 0.868. The highest BCUT2D eigenvalue weighted by Crippen LogP contribution is 2.40. The summed E-state index contributed by atoms with van der Waals surface area (Å²) in [6.07, 6.45) is 6.67. The Balaban J connectivity index is 1.94. The highest BCUT2D eigenvalue weighted by atomic mass is 16.5. The second-order valence-electron chi connectivity index (χ2n) is 4.00. The second kappa shape index (κ2) is 3.02. The number of rotatable bonds is 2. The zero-order chi connectivity index (χ0) is 9.42. The molecule has 0 amide bonds. The van der Waals surface area contributed by atoms with Gasteiger partial charge in [-0.2, -0.15) is 0 Å². The van der Waals surface area contributed by atoms with Gasteiger partial charge < -0.3 is 4.74 Å². The van der Waals surface area contributed by atoms with Crippen LogP contribution < -0.4 is 0 Å². The molecule has 2 aliphatic rings. The van der Waals surface area contributed by atoms with Gasteiger partial charge in [-0.05, 0) is 25.7 Å².